The first-order chi connectivity index (χ1) is 23.5. The van der Waals surface area contributed by atoms with Crippen molar-refractivity contribution in [2.24, 2.45) is 0 Å². The lowest BCUT2D eigenvalue weighted by atomic mass is 9.67. The number of fused-ring (bicyclic) bond motifs is 10. The molecule has 0 fully saturated rings. The van der Waals surface area contributed by atoms with Gasteiger partial charge in [-0.1, -0.05) is 98.8 Å². The molecule has 4 heteroatoms. The molecule has 0 saturated carbocycles. The molecule has 4 aromatic heterocycles. The molecule has 0 aliphatic heterocycles. The average molecular weight is 615 g/mol. The predicted octanol–water partition coefficient (Wildman–Crippen LogP) is 10.6. The first-order valence-corrected chi connectivity index (χ1v) is 16.5. The highest BCUT2D eigenvalue weighted by Gasteiger charge is 2.33. The van der Waals surface area contributed by atoms with Crippen LogP contribution in [-0.4, -0.2) is 19.9 Å². The topological polar surface area (TPSA) is 51.6 Å². The second kappa shape index (κ2) is 10.00. The van der Waals surface area contributed by atoms with Gasteiger partial charge in [-0.15, -0.1) is 0 Å². The maximum atomic E-state index is 5.15. The smallest absolute Gasteiger partial charge is 0.0972 e. The summed E-state index contributed by atoms with van der Waals surface area (Å²) in [5.74, 6) is 0. The zero-order valence-electron chi connectivity index (χ0n) is 26.7. The lowest BCUT2D eigenvalue weighted by Crippen LogP contribution is -2.27. The molecule has 48 heavy (non-hydrogen) atoms. The van der Waals surface area contributed by atoms with Crippen molar-refractivity contribution in [1.82, 2.24) is 19.9 Å². The summed E-state index contributed by atoms with van der Waals surface area (Å²) in [7, 11) is 0. The number of aromatic nitrogens is 4. The molecule has 0 bridgehead atoms. The van der Waals surface area contributed by atoms with Crippen LogP contribution in [0, 0.1) is 0 Å². The van der Waals surface area contributed by atoms with Crippen molar-refractivity contribution in [2.45, 2.75) is 25.7 Å². The first-order valence-electron chi connectivity index (χ1n) is 16.5. The van der Waals surface area contributed by atoms with Crippen LogP contribution in [0.25, 0.3) is 76.9 Å². The summed E-state index contributed by atoms with van der Waals surface area (Å²) in [6.45, 7) is 4.72. The molecular weight excluding hydrogens is 585 g/mol. The normalized spacial score (nSPS) is 13.7. The summed E-state index contributed by atoms with van der Waals surface area (Å²) in [6.07, 6.45) is 4.59. The molecule has 4 nitrogen and oxygen atoms in total. The molecule has 4 heterocycles. The number of rotatable bonds is 2. The molecule has 0 spiro atoms. The standard InChI is InChI=1S/C44H30N4/c1-44(2)36-18-14-30-23-32(38-19-15-28-9-7-26-5-3-21-45-40(26)42(28)47-38)13-17-34(30)35(36)24-31-11-12-33(25-37(31)44)39-20-16-29-10-8-27-6-4-22-46-41(27)43(29)48-39/h3-23,25H,24H2,1-2H3. The van der Waals surface area contributed by atoms with E-state index in [0.29, 0.717) is 0 Å². The van der Waals surface area contributed by atoms with Crippen LogP contribution in [-0.2, 0) is 11.8 Å². The monoisotopic (exact) mass is 614 g/mol. The minimum atomic E-state index is -0.162. The van der Waals surface area contributed by atoms with Crippen LogP contribution in [0.4, 0.5) is 0 Å². The van der Waals surface area contributed by atoms with Gasteiger partial charge in [0.1, 0.15) is 0 Å². The fraction of sp³-hybridized carbons (Fsp3) is 0.0909. The Morgan fingerprint density at radius 2 is 1.02 bits per heavy atom. The zero-order valence-corrected chi connectivity index (χ0v) is 26.7. The fourth-order valence-electron chi connectivity index (χ4n) is 7.91. The van der Waals surface area contributed by atoms with Crippen LogP contribution in [0.5, 0.6) is 0 Å². The van der Waals surface area contributed by atoms with Gasteiger partial charge in [-0.2, -0.15) is 0 Å². The SMILES string of the molecule is CC1(C)c2cc(-c3ccc4ccc5cccnc5c4n3)ccc2Cc2c1ccc1cc(-c3ccc4ccc5cccnc5c4n3)ccc21. The molecule has 5 aromatic carbocycles. The lowest BCUT2D eigenvalue weighted by molar-refractivity contribution is 0.613. The molecule has 0 unspecified atom stereocenters. The molecule has 9 aromatic rings. The van der Waals surface area contributed by atoms with Gasteiger partial charge in [0.15, 0.2) is 0 Å². The van der Waals surface area contributed by atoms with E-state index in [-0.39, 0.29) is 5.41 Å². The maximum Gasteiger partial charge on any atom is 0.0972 e. The van der Waals surface area contributed by atoms with Gasteiger partial charge in [0.2, 0.25) is 0 Å². The van der Waals surface area contributed by atoms with Crippen molar-refractivity contribution in [1.29, 1.82) is 0 Å². The van der Waals surface area contributed by atoms with Crippen LogP contribution in [0.3, 0.4) is 0 Å². The van der Waals surface area contributed by atoms with Gasteiger partial charge in [0.25, 0.3) is 0 Å². The minimum Gasteiger partial charge on any atom is -0.254 e. The van der Waals surface area contributed by atoms with Crippen molar-refractivity contribution >= 4 is 54.4 Å². The fourth-order valence-corrected chi connectivity index (χ4v) is 7.91. The number of hydrogen-bond donors (Lipinski definition) is 0. The summed E-state index contributed by atoms with van der Waals surface area (Å²) >= 11 is 0. The highest BCUT2D eigenvalue weighted by molar-refractivity contribution is 6.04. The number of hydrogen-bond acceptors (Lipinski definition) is 4. The average Bonchev–Trinajstić information content (AvgIpc) is 3.14. The van der Waals surface area contributed by atoms with Gasteiger partial charge >= 0.3 is 0 Å². The third-order valence-electron chi connectivity index (χ3n) is 10.4. The largest absolute Gasteiger partial charge is 0.254 e. The molecule has 0 radical (unpaired) electrons. The molecule has 0 N–H and O–H groups in total. The van der Waals surface area contributed by atoms with Gasteiger partial charge in [-0.05, 0) is 75.8 Å². The molecule has 1 aliphatic rings. The molecule has 10 rings (SSSR count). The highest BCUT2D eigenvalue weighted by atomic mass is 14.8. The van der Waals surface area contributed by atoms with Crippen molar-refractivity contribution in [2.75, 3.05) is 0 Å². The van der Waals surface area contributed by atoms with Crippen molar-refractivity contribution in [3.05, 3.63) is 156 Å². The second-order valence-electron chi connectivity index (χ2n) is 13.5. The van der Waals surface area contributed by atoms with Crippen LogP contribution < -0.4 is 0 Å². The Balaban J connectivity index is 1.05. The summed E-state index contributed by atoms with van der Waals surface area (Å²) in [6, 6.07) is 43.6. The predicted molar refractivity (Wildman–Crippen MR) is 197 cm³/mol. The van der Waals surface area contributed by atoms with E-state index in [1.807, 2.05) is 24.5 Å². The summed E-state index contributed by atoms with van der Waals surface area (Å²) in [5.41, 5.74) is 13.3. The molecule has 226 valence electrons. The summed E-state index contributed by atoms with van der Waals surface area (Å²) < 4.78 is 0. The van der Waals surface area contributed by atoms with Crippen molar-refractivity contribution in [3.8, 4) is 22.5 Å². The van der Waals surface area contributed by atoms with Gasteiger partial charge in [-0.3, -0.25) is 9.97 Å². The Kier molecular flexibility index (Phi) is 5.65. The van der Waals surface area contributed by atoms with E-state index < -0.39 is 0 Å². The Morgan fingerprint density at radius 3 is 1.67 bits per heavy atom. The van der Waals surface area contributed by atoms with Crippen LogP contribution in [0.1, 0.15) is 36.1 Å². The van der Waals surface area contributed by atoms with Crippen LogP contribution in [0.2, 0.25) is 0 Å². The third-order valence-corrected chi connectivity index (χ3v) is 10.4. The quantitative estimate of drug-likeness (QED) is 0.182. The Hall–Kier alpha value is -6.00. The summed E-state index contributed by atoms with van der Waals surface area (Å²) in [4.78, 5) is 19.6. The molecule has 0 atom stereocenters. The highest BCUT2D eigenvalue weighted by Crippen LogP contribution is 2.45. The van der Waals surface area contributed by atoms with Gasteiger partial charge in [-0.25, -0.2) is 9.97 Å². The van der Waals surface area contributed by atoms with Crippen LogP contribution in [0.15, 0.2) is 134 Å². The maximum absolute atomic E-state index is 5.15. The van der Waals surface area contributed by atoms with E-state index in [1.54, 1.807) is 0 Å². The van der Waals surface area contributed by atoms with Gasteiger partial charge in [0.05, 0.1) is 33.5 Å². The summed E-state index contributed by atoms with van der Waals surface area (Å²) in [5, 5.41) is 6.97. The Morgan fingerprint density at radius 1 is 0.479 bits per heavy atom. The molecule has 0 saturated heterocycles. The third kappa shape index (κ3) is 4.02. The van der Waals surface area contributed by atoms with E-state index in [9.17, 15) is 0 Å². The minimum absolute atomic E-state index is 0.162. The second-order valence-corrected chi connectivity index (χ2v) is 13.5. The zero-order chi connectivity index (χ0) is 32.0. The van der Waals surface area contributed by atoms with Gasteiger partial charge < -0.3 is 0 Å². The number of pyridine rings is 4. The molecular formula is C44H30N4. The van der Waals surface area contributed by atoms with E-state index in [2.05, 4.69) is 133 Å². The van der Waals surface area contributed by atoms with E-state index in [0.717, 1.165) is 72.5 Å². The van der Waals surface area contributed by atoms with E-state index >= 15 is 0 Å². The van der Waals surface area contributed by atoms with Crippen molar-refractivity contribution in [3.63, 3.8) is 0 Å². The Labute approximate surface area is 277 Å². The number of nitrogens with zero attached hydrogens (tertiary/aromatic N) is 4. The molecule has 0 amide bonds. The molecule has 1 aliphatic carbocycles. The van der Waals surface area contributed by atoms with Crippen molar-refractivity contribution < 1.29 is 0 Å². The van der Waals surface area contributed by atoms with Crippen LogP contribution >= 0.6 is 0 Å². The first kappa shape index (κ1) is 27.1. The van der Waals surface area contributed by atoms with E-state index in [4.69, 9.17) is 9.97 Å². The number of benzene rings is 5. The lowest BCUT2D eigenvalue weighted by Gasteiger charge is -2.36. The van der Waals surface area contributed by atoms with E-state index in [1.165, 1.54) is 33.0 Å². The van der Waals surface area contributed by atoms with Gasteiger partial charge in [0, 0.05) is 50.5 Å². The Bertz CT molecular complexity index is 2800.